The lowest BCUT2D eigenvalue weighted by Crippen LogP contribution is -2.54. The van der Waals surface area contributed by atoms with Crippen molar-refractivity contribution in [2.45, 2.75) is 97.1 Å². The number of nitrogens with two attached hydrogens (primary N) is 1. The monoisotopic (exact) mass is 375 g/mol. The van der Waals surface area contributed by atoms with Crippen LogP contribution in [0.1, 0.15) is 85.0 Å². The van der Waals surface area contributed by atoms with Crippen LogP contribution in [-0.4, -0.2) is 23.9 Å². The van der Waals surface area contributed by atoms with Gasteiger partial charge in [-0.2, -0.15) is 0 Å². The van der Waals surface area contributed by atoms with Gasteiger partial charge in [0.1, 0.15) is 11.9 Å². The highest BCUT2D eigenvalue weighted by molar-refractivity contribution is 5.87. The molecule has 0 aromatic heterocycles. The largest absolute Gasteiger partial charge is 0.462 e. The number of Topliss-reactive ketones (excluding diaryl/α,β-unsaturated/α-hetero) is 1. The normalized spacial score (nSPS) is 47.6. The van der Waals surface area contributed by atoms with Gasteiger partial charge in [0, 0.05) is 17.9 Å². The molecule has 4 nitrogen and oxygen atoms in total. The van der Waals surface area contributed by atoms with Crippen LogP contribution in [-0.2, 0) is 14.3 Å². The molecule has 8 atom stereocenters. The zero-order valence-corrected chi connectivity index (χ0v) is 17.3. The van der Waals surface area contributed by atoms with Crippen molar-refractivity contribution < 1.29 is 14.3 Å². The van der Waals surface area contributed by atoms with Crippen molar-refractivity contribution in [2.24, 2.45) is 40.2 Å². The van der Waals surface area contributed by atoms with Gasteiger partial charge in [-0.3, -0.25) is 9.59 Å². The Morgan fingerprint density at radius 2 is 1.93 bits per heavy atom. The number of hydrogen-bond acceptors (Lipinski definition) is 4. The summed E-state index contributed by atoms with van der Waals surface area (Å²) < 4.78 is 5.77. The average Bonchev–Trinajstić information content (AvgIpc) is 2.90. The Kier molecular flexibility index (Phi) is 4.93. The molecule has 4 heteroatoms. The quantitative estimate of drug-likeness (QED) is 0.749. The minimum atomic E-state index is -0.134. The summed E-state index contributed by atoms with van der Waals surface area (Å²) in [6.07, 6.45) is 10.3. The highest BCUT2D eigenvalue weighted by Crippen LogP contribution is 2.65. The molecule has 152 valence electrons. The van der Waals surface area contributed by atoms with Gasteiger partial charge >= 0.3 is 5.97 Å². The van der Waals surface area contributed by atoms with Crippen LogP contribution in [0.2, 0.25) is 0 Å². The number of ketones is 1. The molecule has 4 fully saturated rings. The van der Waals surface area contributed by atoms with Crippen molar-refractivity contribution in [3.63, 3.8) is 0 Å². The molecule has 0 aromatic carbocycles. The van der Waals surface area contributed by atoms with Crippen LogP contribution in [0.25, 0.3) is 0 Å². The molecule has 0 saturated heterocycles. The van der Waals surface area contributed by atoms with Crippen LogP contribution in [0.5, 0.6) is 0 Å². The summed E-state index contributed by atoms with van der Waals surface area (Å²) in [7, 11) is 0. The topological polar surface area (TPSA) is 69.4 Å². The second-order valence-corrected chi connectivity index (χ2v) is 10.6. The molecular weight excluding hydrogens is 338 g/mol. The maximum absolute atomic E-state index is 12.5. The molecule has 27 heavy (non-hydrogen) atoms. The molecule has 0 spiro atoms. The van der Waals surface area contributed by atoms with E-state index in [4.69, 9.17) is 10.5 Å². The zero-order chi connectivity index (χ0) is 19.4. The van der Waals surface area contributed by atoms with Crippen molar-refractivity contribution in [1.82, 2.24) is 0 Å². The molecular formula is C23H37NO3. The third kappa shape index (κ3) is 3.16. The van der Waals surface area contributed by atoms with E-state index in [2.05, 4.69) is 13.8 Å². The molecule has 0 aromatic rings. The first kappa shape index (κ1) is 19.4. The highest BCUT2D eigenvalue weighted by Gasteiger charge is 2.60. The number of rotatable bonds is 3. The van der Waals surface area contributed by atoms with E-state index in [0.717, 1.165) is 50.4 Å². The van der Waals surface area contributed by atoms with Gasteiger partial charge in [0.15, 0.2) is 0 Å². The van der Waals surface area contributed by atoms with Gasteiger partial charge in [-0.1, -0.05) is 13.8 Å². The first-order chi connectivity index (χ1) is 12.7. The fourth-order valence-corrected chi connectivity index (χ4v) is 7.59. The van der Waals surface area contributed by atoms with E-state index in [0.29, 0.717) is 29.5 Å². The second kappa shape index (κ2) is 6.86. The molecule has 4 aliphatic rings. The average molecular weight is 376 g/mol. The summed E-state index contributed by atoms with van der Waals surface area (Å²) in [6, 6.07) is -0.132. The molecule has 4 saturated carbocycles. The van der Waals surface area contributed by atoms with Crippen LogP contribution in [0.15, 0.2) is 0 Å². The number of carbonyl (C=O) groups is 2. The predicted molar refractivity (Wildman–Crippen MR) is 105 cm³/mol. The Hall–Kier alpha value is -0.900. The van der Waals surface area contributed by atoms with Crippen molar-refractivity contribution in [3.8, 4) is 0 Å². The van der Waals surface area contributed by atoms with E-state index < -0.39 is 0 Å². The lowest BCUT2D eigenvalue weighted by atomic mass is 9.45. The second-order valence-electron chi connectivity index (χ2n) is 10.6. The van der Waals surface area contributed by atoms with Crippen molar-refractivity contribution in [3.05, 3.63) is 0 Å². The van der Waals surface area contributed by atoms with Gasteiger partial charge in [-0.05, 0) is 87.4 Å². The lowest BCUT2D eigenvalue weighted by molar-refractivity contribution is -0.162. The van der Waals surface area contributed by atoms with Gasteiger partial charge in [-0.25, -0.2) is 0 Å². The van der Waals surface area contributed by atoms with E-state index in [1.165, 1.54) is 19.3 Å². The van der Waals surface area contributed by atoms with Crippen molar-refractivity contribution >= 4 is 11.8 Å². The summed E-state index contributed by atoms with van der Waals surface area (Å²) in [5.41, 5.74) is 6.07. The molecule has 5 unspecified atom stereocenters. The maximum atomic E-state index is 12.5. The van der Waals surface area contributed by atoms with Crippen LogP contribution in [0.4, 0.5) is 0 Å². The van der Waals surface area contributed by atoms with Gasteiger partial charge in [0.25, 0.3) is 0 Å². The maximum Gasteiger partial charge on any atom is 0.307 e. The molecule has 4 aliphatic carbocycles. The zero-order valence-electron chi connectivity index (χ0n) is 17.3. The molecule has 0 heterocycles. The van der Waals surface area contributed by atoms with Gasteiger partial charge in [0.05, 0.1) is 6.42 Å². The fraction of sp³-hybridized carbons (Fsp3) is 0.913. The van der Waals surface area contributed by atoms with E-state index >= 15 is 0 Å². The molecule has 0 aliphatic heterocycles. The smallest absolute Gasteiger partial charge is 0.307 e. The summed E-state index contributed by atoms with van der Waals surface area (Å²) in [6.45, 7) is 6.62. The highest BCUT2D eigenvalue weighted by atomic mass is 16.5. The Labute approximate surface area is 164 Å². The third-order valence-electron chi connectivity index (χ3n) is 9.11. The molecule has 4 rings (SSSR count). The lowest BCUT2D eigenvalue weighted by Gasteiger charge is -2.60. The Morgan fingerprint density at radius 1 is 1.15 bits per heavy atom. The number of hydrogen-bond donors (Lipinski definition) is 1. The fourth-order valence-electron chi connectivity index (χ4n) is 7.59. The van der Waals surface area contributed by atoms with E-state index in [1.54, 1.807) is 0 Å². The summed E-state index contributed by atoms with van der Waals surface area (Å²) >= 11 is 0. The molecule has 0 amide bonds. The van der Waals surface area contributed by atoms with Crippen LogP contribution < -0.4 is 5.73 Å². The Balaban J connectivity index is 1.45. The van der Waals surface area contributed by atoms with Crippen molar-refractivity contribution in [2.75, 3.05) is 0 Å². The Morgan fingerprint density at radius 3 is 2.67 bits per heavy atom. The third-order valence-corrected chi connectivity index (χ3v) is 9.11. The standard InChI is InChI=1S/C23H37NO3/c1-14(24)12-21(26)27-16-8-10-22(2)15(13-16)4-5-17-18-6-7-20(25)23(18,3)11-9-19(17)22/h14-19H,4-13,24H2,1-3H3/t14?,15?,16-,17?,18?,19?,22-,23-/m0/s1. The van der Waals surface area contributed by atoms with E-state index in [-0.39, 0.29) is 23.5 Å². The minimum Gasteiger partial charge on any atom is -0.462 e. The molecule has 2 N–H and O–H groups in total. The first-order valence-corrected chi connectivity index (χ1v) is 11.2. The van der Waals surface area contributed by atoms with Crippen LogP contribution in [0.3, 0.4) is 0 Å². The SMILES string of the molecule is CC(N)CC(=O)O[C@H]1CC[C@@]2(C)C(CCC3C2CC[C@]2(C)C(=O)CCC32)C1. The first-order valence-electron chi connectivity index (χ1n) is 11.2. The minimum absolute atomic E-state index is 0.0317. The van der Waals surface area contributed by atoms with Gasteiger partial charge in [-0.15, -0.1) is 0 Å². The molecule has 0 bridgehead atoms. The van der Waals surface area contributed by atoms with Crippen LogP contribution in [0, 0.1) is 34.5 Å². The van der Waals surface area contributed by atoms with Crippen molar-refractivity contribution in [1.29, 1.82) is 0 Å². The molecule has 0 radical (unpaired) electrons. The van der Waals surface area contributed by atoms with E-state index in [9.17, 15) is 9.59 Å². The summed E-state index contributed by atoms with van der Waals surface area (Å²) in [4.78, 5) is 24.6. The number of carbonyl (C=O) groups excluding carboxylic acids is 2. The van der Waals surface area contributed by atoms with Gasteiger partial charge < -0.3 is 10.5 Å². The number of esters is 1. The van der Waals surface area contributed by atoms with E-state index in [1.807, 2.05) is 6.92 Å². The van der Waals surface area contributed by atoms with Gasteiger partial charge in [0.2, 0.25) is 0 Å². The van der Waals surface area contributed by atoms with Crippen LogP contribution >= 0.6 is 0 Å². The predicted octanol–water partition coefficient (Wildman–Crippen LogP) is 4.25. The summed E-state index contributed by atoms with van der Waals surface area (Å²) in [5, 5.41) is 0. The summed E-state index contributed by atoms with van der Waals surface area (Å²) in [5.74, 6) is 3.15. The Bertz CT molecular complexity index is 617. The number of ether oxygens (including phenoxy) is 1. The number of fused-ring (bicyclic) bond motifs is 5.